The summed E-state index contributed by atoms with van der Waals surface area (Å²) in [6, 6.07) is 13.7. The monoisotopic (exact) mass is 535 g/mol. The van der Waals surface area contributed by atoms with Crippen molar-refractivity contribution in [3.63, 3.8) is 0 Å². The van der Waals surface area contributed by atoms with Gasteiger partial charge in [0.1, 0.15) is 18.2 Å². The molecule has 210 valence electrons. The highest BCUT2D eigenvalue weighted by molar-refractivity contribution is 6.05. The molecule has 39 heavy (non-hydrogen) atoms. The second-order valence-corrected chi connectivity index (χ2v) is 10.4. The summed E-state index contributed by atoms with van der Waals surface area (Å²) in [6.45, 7) is 8.78. The van der Waals surface area contributed by atoms with Gasteiger partial charge in [-0.2, -0.15) is 0 Å². The first-order chi connectivity index (χ1) is 18.7. The van der Waals surface area contributed by atoms with Crippen LogP contribution < -0.4 is 10.6 Å². The number of nitrogens with one attached hydrogen (secondary N) is 2. The number of amides is 3. The lowest BCUT2D eigenvalue weighted by molar-refractivity contribution is -0.141. The molecule has 0 fully saturated rings. The third-order valence-corrected chi connectivity index (χ3v) is 7.06. The highest BCUT2D eigenvalue weighted by atomic mass is 16.5. The second-order valence-electron chi connectivity index (χ2n) is 10.4. The van der Waals surface area contributed by atoms with Gasteiger partial charge < -0.3 is 25.0 Å². The number of carbonyl (C=O) groups excluding carboxylic acids is 3. The number of carbonyl (C=O) groups is 3. The maximum Gasteiger partial charge on any atom is 0.255 e. The third kappa shape index (κ3) is 7.77. The Labute approximate surface area is 231 Å². The molecule has 2 aromatic carbocycles. The summed E-state index contributed by atoms with van der Waals surface area (Å²) in [7, 11) is 3.17. The molecular weight excluding hydrogens is 494 g/mol. The molecule has 0 radical (unpaired) electrons. The standard InChI is InChI=1S/C31H41N3O5/c1-7-21(4)28-31(37)34(18-20(2)3)19-26(38-5)29(39-6)24-13-8-9-14-25(24)32-30(36)23-12-10-11-22(17-23)15-16-27(35)33-28/h8-17,20-21,26,28-29H,7,18-19H2,1-6H3,(H,32,36)(H,33,35)/b16-15+/t21?,26-,28+,29-/m1/s1. The number of para-hydroxylation sites is 1. The van der Waals surface area contributed by atoms with Crippen molar-refractivity contribution in [3.8, 4) is 0 Å². The van der Waals surface area contributed by atoms with E-state index >= 15 is 0 Å². The number of anilines is 1. The Morgan fingerprint density at radius 1 is 0.974 bits per heavy atom. The summed E-state index contributed by atoms with van der Waals surface area (Å²) in [5, 5.41) is 5.94. The zero-order valence-electron chi connectivity index (χ0n) is 23.8. The molecule has 2 bridgehead atoms. The number of rotatable bonds is 6. The zero-order chi connectivity index (χ0) is 28.5. The van der Waals surface area contributed by atoms with Crippen LogP contribution in [0.15, 0.2) is 54.6 Å². The van der Waals surface area contributed by atoms with Crippen LogP contribution in [0.3, 0.4) is 0 Å². The first-order valence-electron chi connectivity index (χ1n) is 13.5. The second kappa shape index (κ2) is 14.1. The molecular formula is C31H41N3O5. The molecule has 8 nitrogen and oxygen atoms in total. The van der Waals surface area contributed by atoms with E-state index in [-0.39, 0.29) is 36.1 Å². The van der Waals surface area contributed by atoms with Crippen molar-refractivity contribution in [2.24, 2.45) is 11.8 Å². The number of methoxy groups -OCH3 is 2. The van der Waals surface area contributed by atoms with Gasteiger partial charge >= 0.3 is 0 Å². The molecule has 3 rings (SSSR count). The predicted octanol–water partition coefficient (Wildman–Crippen LogP) is 4.68. The quantitative estimate of drug-likeness (QED) is 0.560. The van der Waals surface area contributed by atoms with Crippen LogP contribution in [0.4, 0.5) is 5.69 Å². The largest absolute Gasteiger partial charge is 0.377 e. The van der Waals surface area contributed by atoms with Crippen molar-refractivity contribution in [3.05, 3.63) is 71.3 Å². The molecule has 1 aliphatic heterocycles. The Hall–Kier alpha value is -3.49. The van der Waals surface area contributed by atoms with Crippen LogP contribution in [0.5, 0.6) is 0 Å². The van der Waals surface area contributed by atoms with Crippen molar-refractivity contribution >= 4 is 29.5 Å². The number of benzene rings is 2. The average Bonchev–Trinajstić information content (AvgIpc) is 2.93. The molecule has 1 heterocycles. The first kappa shape index (κ1) is 30.1. The van der Waals surface area contributed by atoms with E-state index in [1.807, 2.05) is 58.0 Å². The lowest BCUT2D eigenvalue weighted by Gasteiger charge is -2.36. The molecule has 0 aliphatic carbocycles. The van der Waals surface area contributed by atoms with Gasteiger partial charge in [-0.15, -0.1) is 0 Å². The van der Waals surface area contributed by atoms with Gasteiger partial charge in [-0.05, 0) is 41.7 Å². The number of ether oxygens (including phenoxy) is 2. The molecule has 1 unspecified atom stereocenters. The number of hydrogen-bond donors (Lipinski definition) is 2. The van der Waals surface area contributed by atoms with Gasteiger partial charge in [0.2, 0.25) is 11.8 Å². The minimum absolute atomic E-state index is 0.0864. The van der Waals surface area contributed by atoms with E-state index in [1.165, 1.54) is 6.08 Å². The summed E-state index contributed by atoms with van der Waals surface area (Å²) >= 11 is 0. The van der Waals surface area contributed by atoms with Crippen LogP contribution in [0.1, 0.15) is 61.7 Å². The van der Waals surface area contributed by atoms with E-state index in [0.717, 1.165) is 5.56 Å². The Morgan fingerprint density at radius 2 is 1.72 bits per heavy atom. The van der Waals surface area contributed by atoms with E-state index in [9.17, 15) is 14.4 Å². The summed E-state index contributed by atoms with van der Waals surface area (Å²) in [6.07, 6.45) is 2.65. The van der Waals surface area contributed by atoms with Crippen molar-refractivity contribution in [1.82, 2.24) is 10.2 Å². The van der Waals surface area contributed by atoms with Crippen molar-refractivity contribution in [1.29, 1.82) is 0 Å². The summed E-state index contributed by atoms with van der Waals surface area (Å²) in [4.78, 5) is 42.0. The molecule has 0 spiro atoms. The first-order valence-corrected chi connectivity index (χ1v) is 13.5. The highest BCUT2D eigenvalue weighted by Crippen LogP contribution is 2.31. The van der Waals surface area contributed by atoms with Gasteiger partial charge in [0.25, 0.3) is 5.91 Å². The van der Waals surface area contributed by atoms with Gasteiger partial charge in [-0.3, -0.25) is 14.4 Å². The van der Waals surface area contributed by atoms with E-state index in [4.69, 9.17) is 9.47 Å². The number of nitrogens with zero attached hydrogens (tertiary/aromatic N) is 1. The molecule has 0 aromatic heterocycles. The summed E-state index contributed by atoms with van der Waals surface area (Å²) < 4.78 is 11.8. The Morgan fingerprint density at radius 3 is 2.38 bits per heavy atom. The van der Waals surface area contributed by atoms with Gasteiger partial charge in [0, 0.05) is 50.2 Å². The normalized spacial score (nSPS) is 22.5. The lowest BCUT2D eigenvalue weighted by atomic mass is 9.96. The molecule has 0 saturated heterocycles. The fourth-order valence-electron chi connectivity index (χ4n) is 4.78. The van der Waals surface area contributed by atoms with Crippen LogP contribution in [-0.2, 0) is 19.1 Å². The van der Waals surface area contributed by atoms with Gasteiger partial charge in [0.05, 0.1) is 0 Å². The van der Waals surface area contributed by atoms with Gasteiger partial charge in [-0.25, -0.2) is 0 Å². The fraction of sp³-hybridized carbons (Fsp3) is 0.452. The van der Waals surface area contributed by atoms with Crippen molar-refractivity contribution in [2.45, 2.75) is 52.4 Å². The molecule has 0 saturated carbocycles. The molecule has 2 aromatic rings. The van der Waals surface area contributed by atoms with Gasteiger partial charge in [0.15, 0.2) is 0 Å². The minimum atomic E-state index is -0.707. The summed E-state index contributed by atoms with van der Waals surface area (Å²) in [5.74, 6) is -0.722. The van der Waals surface area contributed by atoms with Crippen molar-refractivity contribution in [2.75, 3.05) is 32.6 Å². The Balaban J connectivity index is 2.15. The molecule has 3 amide bonds. The van der Waals surface area contributed by atoms with E-state index in [0.29, 0.717) is 29.8 Å². The topological polar surface area (TPSA) is 97.0 Å². The third-order valence-electron chi connectivity index (χ3n) is 7.06. The maximum absolute atomic E-state index is 14.0. The van der Waals surface area contributed by atoms with E-state index in [2.05, 4.69) is 10.6 Å². The van der Waals surface area contributed by atoms with Crippen molar-refractivity contribution < 1.29 is 23.9 Å². The fourth-order valence-corrected chi connectivity index (χ4v) is 4.78. The predicted molar refractivity (Wildman–Crippen MR) is 153 cm³/mol. The lowest BCUT2D eigenvalue weighted by Crippen LogP contribution is -2.54. The molecule has 2 N–H and O–H groups in total. The smallest absolute Gasteiger partial charge is 0.255 e. The van der Waals surface area contributed by atoms with Gasteiger partial charge in [-0.1, -0.05) is 64.4 Å². The van der Waals surface area contributed by atoms with Crippen LogP contribution in [0, 0.1) is 11.8 Å². The molecule has 8 heteroatoms. The Bertz CT molecular complexity index is 1180. The van der Waals surface area contributed by atoms with Crippen LogP contribution in [0.25, 0.3) is 6.08 Å². The SMILES string of the molecule is CCC(C)[C@@H]1NC(=O)/C=C/c2cccc(c2)C(=O)Nc2ccccc2[C@@H](OC)[C@H](OC)CN(CC(C)C)C1=O. The number of hydrogen-bond acceptors (Lipinski definition) is 5. The summed E-state index contributed by atoms with van der Waals surface area (Å²) in [5.41, 5.74) is 2.48. The highest BCUT2D eigenvalue weighted by Gasteiger charge is 2.34. The maximum atomic E-state index is 14.0. The minimum Gasteiger partial charge on any atom is -0.377 e. The van der Waals surface area contributed by atoms with Crippen LogP contribution >= 0.6 is 0 Å². The Kier molecular flexibility index (Phi) is 10.8. The number of fused-ring (bicyclic) bond motifs is 3. The molecule has 1 aliphatic rings. The zero-order valence-corrected chi connectivity index (χ0v) is 23.8. The average molecular weight is 536 g/mol. The van der Waals surface area contributed by atoms with Crippen LogP contribution in [-0.4, -0.2) is 62.1 Å². The van der Waals surface area contributed by atoms with Crippen LogP contribution in [0.2, 0.25) is 0 Å². The van der Waals surface area contributed by atoms with E-state index < -0.39 is 18.2 Å². The molecule has 4 atom stereocenters. The van der Waals surface area contributed by atoms with E-state index in [1.54, 1.807) is 43.4 Å².